The molecule has 3 unspecified atom stereocenters. The number of ether oxygens (including phenoxy) is 1. The third-order valence-electron chi connectivity index (χ3n) is 13.3. The van der Waals surface area contributed by atoms with Crippen molar-refractivity contribution in [2.24, 2.45) is 0 Å². The first-order valence-electron chi connectivity index (χ1n) is 29.9. The summed E-state index contributed by atoms with van der Waals surface area (Å²) in [6, 6.07) is -0.897. The predicted molar refractivity (Wildman–Crippen MR) is 302 cm³/mol. The Hall–Kier alpha value is -2.03. The number of carbonyl (C=O) groups is 2. The summed E-state index contributed by atoms with van der Waals surface area (Å²) in [5.41, 5.74) is 0. The first-order chi connectivity index (χ1) is 34.4. The number of allylic oxidation sites excluding steroid dienone is 7. The van der Waals surface area contributed by atoms with Gasteiger partial charge in [0.25, 0.3) is 7.82 Å². The van der Waals surface area contributed by atoms with E-state index in [-0.39, 0.29) is 24.9 Å². The third-order valence-corrected chi connectivity index (χ3v) is 14.2. The fourth-order valence-corrected chi connectivity index (χ4v) is 9.31. The van der Waals surface area contributed by atoms with E-state index in [1.807, 2.05) is 33.3 Å². The van der Waals surface area contributed by atoms with Crippen LogP contribution in [0, 0.1) is 0 Å². The van der Waals surface area contributed by atoms with E-state index in [0.29, 0.717) is 23.9 Å². The maximum Gasteiger partial charge on any atom is 0.306 e. The second-order valence-electron chi connectivity index (χ2n) is 21.5. The summed E-state index contributed by atoms with van der Waals surface area (Å²) < 4.78 is 30.3. The molecule has 1 amide bonds. The Labute approximate surface area is 439 Å². The van der Waals surface area contributed by atoms with Gasteiger partial charge in [-0.15, -0.1) is 0 Å². The highest BCUT2D eigenvalue weighted by atomic mass is 31.2. The summed E-state index contributed by atoms with van der Waals surface area (Å²) in [6.07, 6.45) is 62.1. The van der Waals surface area contributed by atoms with Crippen LogP contribution in [-0.2, 0) is 27.9 Å². The van der Waals surface area contributed by atoms with Crippen molar-refractivity contribution in [3.05, 3.63) is 48.6 Å². The molecule has 0 aliphatic carbocycles. The van der Waals surface area contributed by atoms with Gasteiger partial charge in [0.2, 0.25) is 5.91 Å². The third kappa shape index (κ3) is 52.6. The van der Waals surface area contributed by atoms with Crippen molar-refractivity contribution < 1.29 is 37.3 Å². The van der Waals surface area contributed by atoms with E-state index in [2.05, 4.69) is 62.5 Å². The zero-order valence-corrected chi connectivity index (χ0v) is 48.3. The standard InChI is InChI=1S/C61H115N2O7P/c1-7-10-13-16-19-22-25-28-30-31-33-35-38-41-44-47-50-53-60(64)62-58(57-69-71(66,67)68-56-55-63(4,5)6)59(52-49-46-43-40-37-34-27-24-21-18-15-12-9-3)70-61(65)54-51-48-45-42-39-36-32-29-26-23-20-17-14-11-8-2/h19,22,28,30,33,35,49,52,58-59H,7-18,20-21,23-27,29,31-32,34,36-48,50-51,53-57H2,1-6H3,(H-,62,64,66,67)/b22-19-,30-28-,35-33-,52-49+. The Kier molecular flexibility index (Phi) is 50.0. The van der Waals surface area contributed by atoms with Gasteiger partial charge in [0.05, 0.1) is 33.8 Å². The summed E-state index contributed by atoms with van der Waals surface area (Å²) in [6.45, 7) is 6.82. The van der Waals surface area contributed by atoms with Gasteiger partial charge in [0.15, 0.2) is 0 Å². The molecule has 10 heteroatoms. The second kappa shape index (κ2) is 51.5. The molecule has 71 heavy (non-hydrogen) atoms. The molecule has 9 nitrogen and oxygen atoms in total. The van der Waals surface area contributed by atoms with Crippen LogP contribution in [0.4, 0.5) is 0 Å². The smallest absolute Gasteiger partial charge is 0.306 e. The summed E-state index contributed by atoms with van der Waals surface area (Å²) in [4.78, 5) is 39.9. The van der Waals surface area contributed by atoms with Crippen molar-refractivity contribution >= 4 is 19.7 Å². The minimum Gasteiger partial charge on any atom is -0.756 e. The van der Waals surface area contributed by atoms with Crippen LogP contribution < -0.4 is 10.2 Å². The quantitative estimate of drug-likeness (QED) is 0.0212. The highest BCUT2D eigenvalue weighted by molar-refractivity contribution is 7.45. The maximum atomic E-state index is 13.5. The molecule has 0 aliphatic heterocycles. The van der Waals surface area contributed by atoms with Crippen LogP contribution in [0.15, 0.2) is 48.6 Å². The van der Waals surface area contributed by atoms with Crippen molar-refractivity contribution in [2.75, 3.05) is 40.9 Å². The van der Waals surface area contributed by atoms with Gasteiger partial charge in [-0.05, 0) is 70.3 Å². The van der Waals surface area contributed by atoms with Crippen LogP contribution in [0.5, 0.6) is 0 Å². The fourth-order valence-electron chi connectivity index (χ4n) is 8.59. The van der Waals surface area contributed by atoms with Crippen LogP contribution in [0.2, 0.25) is 0 Å². The summed E-state index contributed by atoms with van der Waals surface area (Å²) >= 11 is 0. The van der Waals surface area contributed by atoms with Crippen molar-refractivity contribution in [3.8, 4) is 0 Å². The molecule has 0 aromatic rings. The van der Waals surface area contributed by atoms with Gasteiger partial charge in [0, 0.05) is 12.8 Å². The average molecular weight is 1020 g/mol. The largest absolute Gasteiger partial charge is 0.756 e. The van der Waals surface area contributed by atoms with Crippen LogP contribution >= 0.6 is 7.82 Å². The molecule has 0 aromatic carbocycles. The zero-order chi connectivity index (χ0) is 52.2. The highest BCUT2D eigenvalue weighted by Gasteiger charge is 2.27. The lowest BCUT2D eigenvalue weighted by molar-refractivity contribution is -0.870. The van der Waals surface area contributed by atoms with Gasteiger partial charge < -0.3 is 28.5 Å². The van der Waals surface area contributed by atoms with Crippen LogP contribution in [-0.4, -0.2) is 69.4 Å². The second-order valence-corrected chi connectivity index (χ2v) is 22.9. The lowest BCUT2D eigenvalue weighted by Gasteiger charge is -2.30. The molecule has 0 heterocycles. The van der Waals surface area contributed by atoms with E-state index in [9.17, 15) is 19.0 Å². The molecule has 416 valence electrons. The number of likely N-dealkylation sites (N-methyl/N-ethyl adjacent to an activating group) is 1. The molecule has 0 aromatic heterocycles. The summed E-state index contributed by atoms with van der Waals surface area (Å²) in [7, 11) is 1.17. The van der Waals surface area contributed by atoms with Gasteiger partial charge in [-0.3, -0.25) is 14.2 Å². The number of amides is 1. The lowest BCUT2D eigenvalue weighted by Crippen LogP contribution is -2.47. The SMILES string of the molecule is CCCCC/C=C\C/C=C\C/C=C\CCCCCCC(=O)NC(COP(=O)([O-])OCC[N+](C)(C)C)C(/C=C/CCCCCCCCCCCCC)OC(=O)CCCCCCCCCCCCCCCCC. The van der Waals surface area contributed by atoms with Gasteiger partial charge in [-0.2, -0.15) is 0 Å². The number of phosphoric ester groups is 1. The van der Waals surface area contributed by atoms with Crippen LogP contribution in [0.3, 0.4) is 0 Å². The Bertz CT molecular complexity index is 1360. The maximum absolute atomic E-state index is 13.5. The lowest BCUT2D eigenvalue weighted by atomic mass is 10.0. The average Bonchev–Trinajstić information content (AvgIpc) is 3.33. The predicted octanol–water partition coefficient (Wildman–Crippen LogP) is 17.5. The zero-order valence-electron chi connectivity index (χ0n) is 47.4. The van der Waals surface area contributed by atoms with Crippen LogP contribution in [0.25, 0.3) is 0 Å². The Morgan fingerprint density at radius 3 is 1.31 bits per heavy atom. The molecule has 0 spiro atoms. The van der Waals surface area contributed by atoms with Gasteiger partial charge in [0.1, 0.15) is 19.3 Å². The monoisotopic (exact) mass is 1020 g/mol. The molecule has 0 aliphatic rings. The first-order valence-corrected chi connectivity index (χ1v) is 31.4. The number of phosphoric acid groups is 1. The first kappa shape index (κ1) is 69.0. The number of hydrogen-bond donors (Lipinski definition) is 1. The Morgan fingerprint density at radius 1 is 0.493 bits per heavy atom. The minimum absolute atomic E-state index is 0.0260. The van der Waals surface area contributed by atoms with E-state index in [4.69, 9.17) is 13.8 Å². The van der Waals surface area contributed by atoms with Gasteiger partial charge >= 0.3 is 5.97 Å². The number of unbranched alkanes of at least 4 members (excludes halogenated alkanes) is 32. The number of esters is 1. The summed E-state index contributed by atoms with van der Waals surface area (Å²) in [5.74, 6) is -0.557. The molecular weight excluding hydrogens is 904 g/mol. The molecule has 0 bridgehead atoms. The molecular formula is C61H115N2O7P. The van der Waals surface area contributed by atoms with Crippen molar-refractivity contribution in [1.29, 1.82) is 0 Å². The molecule has 0 rings (SSSR count). The Balaban J connectivity index is 5.37. The van der Waals surface area contributed by atoms with Crippen molar-refractivity contribution in [1.82, 2.24) is 5.32 Å². The molecule has 0 fully saturated rings. The normalized spacial score (nSPS) is 14.1. The number of nitrogens with one attached hydrogen (secondary N) is 1. The molecule has 0 radical (unpaired) electrons. The van der Waals surface area contributed by atoms with E-state index in [1.54, 1.807) is 0 Å². The van der Waals surface area contributed by atoms with Gasteiger partial charge in [-0.25, -0.2) is 0 Å². The van der Waals surface area contributed by atoms with Crippen molar-refractivity contribution in [2.45, 2.75) is 290 Å². The Morgan fingerprint density at radius 2 is 0.859 bits per heavy atom. The van der Waals surface area contributed by atoms with E-state index in [0.717, 1.165) is 77.0 Å². The number of hydrogen-bond acceptors (Lipinski definition) is 7. The molecule has 0 saturated carbocycles. The highest BCUT2D eigenvalue weighted by Crippen LogP contribution is 2.38. The van der Waals surface area contributed by atoms with E-state index >= 15 is 0 Å². The molecule has 3 atom stereocenters. The van der Waals surface area contributed by atoms with Gasteiger partial charge in [-0.1, -0.05) is 243 Å². The topological polar surface area (TPSA) is 114 Å². The number of nitrogens with zero attached hydrogens (tertiary/aromatic N) is 1. The molecule has 1 N–H and O–H groups in total. The number of quaternary nitrogens is 1. The van der Waals surface area contributed by atoms with E-state index in [1.165, 1.54) is 161 Å². The summed E-state index contributed by atoms with van der Waals surface area (Å²) in [5, 5.41) is 3.02. The number of carbonyl (C=O) groups excluding carboxylic acids is 2. The van der Waals surface area contributed by atoms with E-state index < -0.39 is 26.6 Å². The van der Waals surface area contributed by atoms with Crippen molar-refractivity contribution in [3.63, 3.8) is 0 Å². The molecule has 0 saturated heterocycles. The fraction of sp³-hybridized carbons (Fsp3) is 0.836. The van der Waals surface area contributed by atoms with Crippen LogP contribution in [0.1, 0.15) is 278 Å². The minimum atomic E-state index is -4.70. The number of rotatable bonds is 54.